The van der Waals surface area contributed by atoms with Crippen LogP contribution < -0.4 is 0 Å². The van der Waals surface area contributed by atoms with Gasteiger partial charge in [0.25, 0.3) is 0 Å². The van der Waals surface area contributed by atoms with Gasteiger partial charge in [-0.15, -0.1) is 0 Å². The van der Waals surface area contributed by atoms with Gasteiger partial charge in [-0.05, 0) is 11.1 Å². The Morgan fingerprint density at radius 2 is 0.188 bits per heavy atom. The van der Waals surface area contributed by atoms with Gasteiger partial charge in [0.2, 0.25) is 0 Å². The van der Waals surface area contributed by atoms with Crippen molar-refractivity contribution in [3.63, 3.8) is 0 Å². The fourth-order valence-corrected chi connectivity index (χ4v) is 3.57. The van der Waals surface area contributed by atoms with Gasteiger partial charge in [-0.25, -0.2) is 0 Å². The molecule has 8 aromatic carbocycles. The lowest BCUT2D eigenvalue weighted by Gasteiger charge is -1.98. The summed E-state index contributed by atoms with van der Waals surface area (Å²) in [5.41, 5.74) is 2.55. The minimum absolute atomic E-state index is 1.28. The maximum absolute atomic E-state index is 2.12. The first-order valence-corrected chi connectivity index (χ1v) is 16.1. The summed E-state index contributed by atoms with van der Waals surface area (Å²) in [6.07, 6.45) is 0. The minimum Gasteiger partial charge on any atom is -0.0623 e. The molecule has 0 saturated carbocycles. The molecule has 8 rings (SSSR count). The van der Waals surface area contributed by atoms with Gasteiger partial charge in [-0.2, -0.15) is 0 Å². The molecule has 0 aliphatic rings. The third-order valence-electron chi connectivity index (χ3n) is 5.88. The number of rotatable bonds is 1. The maximum atomic E-state index is 2.12. The van der Waals surface area contributed by atoms with E-state index in [1.54, 1.807) is 0 Å². The van der Waals surface area contributed by atoms with Gasteiger partial charge in [0, 0.05) is 0 Å². The fraction of sp³-hybridized carbons (Fsp3) is 0. The van der Waals surface area contributed by atoms with Crippen molar-refractivity contribution in [1.29, 1.82) is 0 Å². The van der Waals surface area contributed by atoms with E-state index in [-0.39, 0.29) is 0 Å². The molecule has 0 nitrogen and oxygen atoms in total. The van der Waals surface area contributed by atoms with Crippen LogP contribution in [0.15, 0.2) is 279 Å². The molecule has 0 fully saturated rings. The van der Waals surface area contributed by atoms with Gasteiger partial charge >= 0.3 is 0 Å². The molecule has 0 aromatic heterocycles. The van der Waals surface area contributed by atoms with Gasteiger partial charge in [0.1, 0.15) is 0 Å². The van der Waals surface area contributed by atoms with Crippen LogP contribution in [0.25, 0.3) is 11.1 Å². The first-order valence-electron chi connectivity index (χ1n) is 16.1. The summed E-state index contributed by atoms with van der Waals surface area (Å²) in [4.78, 5) is 0. The first kappa shape index (κ1) is 37.9. The van der Waals surface area contributed by atoms with Gasteiger partial charge in [-0.1, -0.05) is 279 Å². The predicted octanol–water partition coefficient (Wildman–Crippen LogP) is 13.5. The normalized spacial score (nSPS) is 8.42. The summed E-state index contributed by atoms with van der Waals surface area (Å²) in [6, 6.07) is 92.8. The highest BCUT2D eigenvalue weighted by Crippen LogP contribution is 2.17. The lowest BCUT2D eigenvalue weighted by atomic mass is 10.1. The van der Waals surface area contributed by atoms with Gasteiger partial charge in [0.05, 0.1) is 0 Å². The SMILES string of the molecule is c1ccc(-c2ccccc2)cc1.c1ccccc1.c1ccccc1.c1ccccc1.c1ccccc1.c1ccccc1.c1ccccc1. The molecule has 8 aromatic rings. The third-order valence-corrected chi connectivity index (χ3v) is 5.88. The van der Waals surface area contributed by atoms with E-state index in [4.69, 9.17) is 0 Å². The molecule has 238 valence electrons. The van der Waals surface area contributed by atoms with E-state index in [1.807, 2.05) is 231 Å². The molecule has 0 saturated heterocycles. The number of benzene rings is 8. The van der Waals surface area contributed by atoms with Crippen molar-refractivity contribution in [2.45, 2.75) is 0 Å². The molecule has 0 radical (unpaired) electrons. The van der Waals surface area contributed by atoms with Crippen molar-refractivity contribution in [1.82, 2.24) is 0 Å². The van der Waals surface area contributed by atoms with E-state index in [1.165, 1.54) is 11.1 Å². The molecular weight excluding hydrogens is 577 g/mol. The van der Waals surface area contributed by atoms with Crippen LogP contribution in [0.3, 0.4) is 0 Å². The van der Waals surface area contributed by atoms with Crippen LogP contribution >= 0.6 is 0 Å². The Labute approximate surface area is 289 Å². The van der Waals surface area contributed by atoms with Gasteiger partial charge in [0.15, 0.2) is 0 Å². The standard InChI is InChI=1S/C12H10.6C6H6/c1-3-7-11(8-4-1)12-9-5-2-6-10-12;6*1-2-4-6-5-3-1/h1-10H;6*1-6H. The minimum atomic E-state index is 1.28. The van der Waals surface area contributed by atoms with Crippen LogP contribution in [0.5, 0.6) is 0 Å². The highest BCUT2D eigenvalue weighted by atomic mass is 14.0. The zero-order valence-electron chi connectivity index (χ0n) is 27.6. The van der Waals surface area contributed by atoms with Crippen molar-refractivity contribution in [2.24, 2.45) is 0 Å². The molecule has 48 heavy (non-hydrogen) atoms. The van der Waals surface area contributed by atoms with Crippen LogP contribution in [0.2, 0.25) is 0 Å². The van der Waals surface area contributed by atoms with Crippen LogP contribution in [0, 0.1) is 0 Å². The summed E-state index contributed by atoms with van der Waals surface area (Å²) in [5.74, 6) is 0. The van der Waals surface area contributed by atoms with E-state index >= 15 is 0 Å². The molecule has 0 bridgehead atoms. The molecule has 0 amide bonds. The highest BCUT2D eigenvalue weighted by Gasteiger charge is 1.91. The quantitative estimate of drug-likeness (QED) is 0.171. The van der Waals surface area contributed by atoms with Crippen molar-refractivity contribution < 1.29 is 0 Å². The van der Waals surface area contributed by atoms with E-state index < -0.39 is 0 Å². The average Bonchev–Trinajstić information content (AvgIpc) is 3.24. The molecule has 0 heteroatoms. The summed E-state index contributed by atoms with van der Waals surface area (Å²) in [7, 11) is 0. The predicted molar refractivity (Wildman–Crippen MR) is 211 cm³/mol. The second kappa shape index (κ2) is 30.8. The molecular formula is C48H46. The van der Waals surface area contributed by atoms with Crippen molar-refractivity contribution in [3.8, 4) is 11.1 Å². The van der Waals surface area contributed by atoms with Crippen LogP contribution in [0.1, 0.15) is 0 Å². The monoisotopic (exact) mass is 622 g/mol. The third kappa shape index (κ3) is 24.1. The van der Waals surface area contributed by atoms with E-state index in [0.29, 0.717) is 0 Å². The van der Waals surface area contributed by atoms with Gasteiger partial charge in [-0.3, -0.25) is 0 Å². The first-order chi connectivity index (χ1) is 24.0. The molecule has 0 heterocycles. The number of hydrogen-bond donors (Lipinski definition) is 0. The van der Waals surface area contributed by atoms with Crippen LogP contribution in [0.4, 0.5) is 0 Å². The molecule has 0 N–H and O–H groups in total. The summed E-state index contributed by atoms with van der Waals surface area (Å²) < 4.78 is 0. The number of hydrogen-bond acceptors (Lipinski definition) is 0. The second-order valence-electron chi connectivity index (χ2n) is 9.66. The Hall–Kier alpha value is -6.24. The summed E-state index contributed by atoms with van der Waals surface area (Å²) in [5, 5.41) is 0. The summed E-state index contributed by atoms with van der Waals surface area (Å²) >= 11 is 0. The lowest BCUT2D eigenvalue weighted by Crippen LogP contribution is -1.73. The summed E-state index contributed by atoms with van der Waals surface area (Å²) in [6.45, 7) is 0. The smallest absolute Gasteiger partial charge is 0.0184 e. The van der Waals surface area contributed by atoms with Crippen molar-refractivity contribution in [3.05, 3.63) is 279 Å². The van der Waals surface area contributed by atoms with Crippen molar-refractivity contribution in [2.75, 3.05) is 0 Å². The van der Waals surface area contributed by atoms with Crippen LogP contribution in [-0.4, -0.2) is 0 Å². The topological polar surface area (TPSA) is 0 Å². The van der Waals surface area contributed by atoms with E-state index in [9.17, 15) is 0 Å². The lowest BCUT2D eigenvalue weighted by molar-refractivity contribution is 1.62. The Morgan fingerprint density at radius 1 is 0.104 bits per heavy atom. The van der Waals surface area contributed by atoms with Gasteiger partial charge < -0.3 is 0 Å². The second-order valence-corrected chi connectivity index (χ2v) is 9.66. The van der Waals surface area contributed by atoms with E-state index in [0.717, 1.165) is 0 Å². The zero-order valence-corrected chi connectivity index (χ0v) is 27.6. The zero-order chi connectivity index (χ0) is 33.7. The Morgan fingerprint density at radius 3 is 0.292 bits per heavy atom. The highest BCUT2D eigenvalue weighted by molar-refractivity contribution is 5.62. The molecule has 0 atom stereocenters. The largest absolute Gasteiger partial charge is 0.0623 e. The Bertz CT molecular complexity index is 1200. The molecule has 0 aliphatic carbocycles. The average molecular weight is 623 g/mol. The Kier molecular flexibility index (Phi) is 24.3. The molecule has 0 unspecified atom stereocenters. The Balaban J connectivity index is 0.000000199. The molecule has 0 aliphatic heterocycles. The van der Waals surface area contributed by atoms with Crippen LogP contribution in [-0.2, 0) is 0 Å². The maximum Gasteiger partial charge on any atom is -0.0184 e. The fourth-order valence-electron chi connectivity index (χ4n) is 3.57. The van der Waals surface area contributed by atoms with E-state index in [2.05, 4.69) is 48.5 Å². The molecule has 0 spiro atoms. The van der Waals surface area contributed by atoms with Crippen molar-refractivity contribution >= 4 is 0 Å².